The minimum atomic E-state index is -0.519. The van der Waals surface area contributed by atoms with Crippen molar-refractivity contribution in [2.45, 2.75) is 18.3 Å². The van der Waals surface area contributed by atoms with E-state index in [1.54, 1.807) is 18.5 Å². The van der Waals surface area contributed by atoms with Crippen LogP contribution in [0.3, 0.4) is 0 Å². The normalized spacial score (nSPS) is 15.0. The third-order valence-corrected chi connectivity index (χ3v) is 4.22. The van der Waals surface area contributed by atoms with Crippen molar-refractivity contribution in [3.63, 3.8) is 0 Å². The number of anilines is 1. The Hall–Kier alpha value is -3.22. The number of nitrogens with zero attached hydrogens (tertiary/aromatic N) is 4. The van der Waals surface area contributed by atoms with Gasteiger partial charge in [0.05, 0.1) is 11.6 Å². The number of benzene rings is 1. The molecule has 0 bridgehead atoms. The number of rotatable bonds is 4. The first-order chi connectivity index (χ1) is 11.7. The SMILES string of the molecule is O=C(Nc1cnc(-n2cccn2)nc1O)C1(c2ccccc2)CC1. The Bertz CT molecular complexity index is 873. The summed E-state index contributed by atoms with van der Waals surface area (Å²) in [5, 5.41) is 16.8. The molecule has 0 aliphatic heterocycles. The maximum atomic E-state index is 12.7. The number of carbonyl (C=O) groups is 1. The average Bonchev–Trinajstić information content (AvgIpc) is 3.25. The van der Waals surface area contributed by atoms with E-state index in [1.807, 2.05) is 30.3 Å². The first-order valence-corrected chi connectivity index (χ1v) is 7.62. The fourth-order valence-electron chi connectivity index (χ4n) is 2.72. The quantitative estimate of drug-likeness (QED) is 0.767. The van der Waals surface area contributed by atoms with Crippen LogP contribution in [-0.4, -0.2) is 30.8 Å². The second-order valence-electron chi connectivity index (χ2n) is 5.76. The van der Waals surface area contributed by atoms with Crippen molar-refractivity contribution in [1.82, 2.24) is 19.7 Å². The highest BCUT2D eigenvalue weighted by Crippen LogP contribution is 2.49. The molecule has 1 saturated carbocycles. The fraction of sp³-hybridized carbons (Fsp3) is 0.176. The van der Waals surface area contributed by atoms with Gasteiger partial charge >= 0.3 is 0 Å². The molecule has 1 aliphatic rings. The van der Waals surface area contributed by atoms with Gasteiger partial charge in [-0.3, -0.25) is 4.79 Å². The second kappa shape index (κ2) is 5.45. The summed E-state index contributed by atoms with van der Waals surface area (Å²) in [5.41, 5.74) is 0.656. The highest BCUT2D eigenvalue weighted by Gasteiger charge is 2.51. The Kier molecular flexibility index (Phi) is 3.26. The van der Waals surface area contributed by atoms with E-state index in [0.29, 0.717) is 0 Å². The number of hydrogen-bond donors (Lipinski definition) is 2. The van der Waals surface area contributed by atoms with Crippen LogP contribution < -0.4 is 5.32 Å². The Labute approximate surface area is 138 Å². The summed E-state index contributed by atoms with van der Waals surface area (Å²) in [6, 6.07) is 11.4. The van der Waals surface area contributed by atoms with Gasteiger partial charge in [-0.15, -0.1) is 0 Å². The molecule has 1 fully saturated rings. The zero-order chi connectivity index (χ0) is 16.6. The molecule has 0 spiro atoms. The first-order valence-electron chi connectivity index (χ1n) is 7.62. The van der Waals surface area contributed by atoms with Crippen molar-refractivity contribution in [3.05, 3.63) is 60.6 Å². The number of aromatic hydroxyl groups is 1. The maximum absolute atomic E-state index is 12.7. The largest absolute Gasteiger partial charge is 0.492 e. The minimum absolute atomic E-state index is 0.153. The molecule has 1 aliphatic carbocycles. The number of carbonyl (C=O) groups excluding carboxylic acids is 1. The first kappa shape index (κ1) is 14.4. The Morgan fingerprint density at radius 1 is 1.21 bits per heavy atom. The molecule has 120 valence electrons. The summed E-state index contributed by atoms with van der Waals surface area (Å²) < 4.78 is 1.43. The van der Waals surface area contributed by atoms with Gasteiger partial charge in [0.15, 0.2) is 0 Å². The summed E-state index contributed by atoms with van der Waals surface area (Å²) in [6.45, 7) is 0. The Balaban J connectivity index is 1.57. The predicted octanol–water partition coefficient (Wildman–Crippen LogP) is 2.04. The number of amides is 1. The molecule has 7 heteroatoms. The van der Waals surface area contributed by atoms with E-state index < -0.39 is 5.41 Å². The molecule has 2 heterocycles. The van der Waals surface area contributed by atoms with E-state index in [-0.39, 0.29) is 23.4 Å². The monoisotopic (exact) mass is 321 g/mol. The van der Waals surface area contributed by atoms with Crippen LogP contribution in [0, 0.1) is 0 Å². The van der Waals surface area contributed by atoms with Crippen molar-refractivity contribution in [3.8, 4) is 11.8 Å². The van der Waals surface area contributed by atoms with E-state index in [1.165, 1.54) is 10.9 Å². The van der Waals surface area contributed by atoms with Crippen LogP contribution in [-0.2, 0) is 10.2 Å². The van der Waals surface area contributed by atoms with Gasteiger partial charge in [-0.2, -0.15) is 10.1 Å². The van der Waals surface area contributed by atoms with Gasteiger partial charge in [0, 0.05) is 12.4 Å². The van der Waals surface area contributed by atoms with Crippen LogP contribution in [0.15, 0.2) is 55.0 Å². The third kappa shape index (κ3) is 2.40. The van der Waals surface area contributed by atoms with Crippen LogP contribution in [0.5, 0.6) is 5.88 Å². The van der Waals surface area contributed by atoms with E-state index >= 15 is 0 Å². The molecule has 0 unspecified atom stereocenters. The van der Waals surface area contributed by atoms with Crippen molar-refractivity contribution in [2.24, 2.45) is 0 Å². The van der Waals surface area contributed by atoms with Crippen LogP contribution in [0.25, 0.3) is 5.95 Å². The predicted molar refractivity (Wildman–Crippen MR) is 86.8 cm³/mol. The third-order valence-electron chi connectivity index (χ3n) is 4.22. The second-order valence-corrected chi connectivity index (χ2v) is 5.76. The summed E-state index contributed by atoms with van der Waals surface area (Å²) in [7, 11) is 0. The number of aromatic nitrogens is 4. The molecule has 24 heavy (non-hydrogen) atoms. The van der Waals surface area contributed by atoms with Crippen molar-refractivity contribution in [1.29, 1.82) is 0 Å². The highest BCUT2D eigenvalue weighted by atomic mass is 16.3. The lowest BCUT2D eigenvalue weighted by molar-refractivity contribution is -0.118. The lowest BCUT2D eigenvalue weighted by Gasteiger charge is -2.16. The summed E-state index contributed by atoms with van der Waals surface area (Å²) in [4.78, 5) is 20.8. The van der Waals surface area contributed by atoms with Gasteiger partial charge in [-0.1, -0.05) is 30.3 Å². The van der Waals surface area contributed by atoms with E-state index in [4.69, 9.17) is 0 Å². The van der Waals surface area contributed by atoms with E-state index in [0.717, 1.165) is 18.4 Å². The van der Waals surface area contributed by atoms with Gasteiger partial charge in [0.25, 0.3) is 5.95 Å². The molecule has 3 aromatic rings. The zero-order valence-corrected chi connectivity index (χ0v) is 12.8. The summed E-state index contributed by atoms with van der Waals surface area (Å²) in [5.74, 6) is -0.202. The molecular weight excluding hydrogens is 306 g/mol. The molecule has 2 N–H and O–H groups in total. The molecule has 7 nitrogen and oxygen atoms in total. The summed E-state index contributed by atoms with van der Waals surface area (Å²) >= 11 is 0. The average molecular weight is 321 g/mol. The molecule has 1 aromatic carbocycles. The Morgan fingerprint density at radius 2 is 2.00 bits per heavy atom. The lowest BCUT2D eigenvalue weighted by atomic mass is 9.95. The molecular formula is C17H15N5O2. The van der Waals surface area contributed by atoms with Crippen LogP contribution >= 0.6 is 0 Å². The Morgan fingerprint density at radius 3 is 2.62 bits per heavy atom. The topological polar surface area (TPSA) is 92.9 Å². The van der Waals surface area contributed by atoms with E-state index in [2.05, 4.69) is 20.4 Å². The summed E-state index contributed by atoms with van der Waals surface area (Å²) in [6.07, 6.45) is 6.22. The van der Waals surface area contributed by atoms with Crippen molar-refractivity contribution >= 4 is 11.6 Å². The van der Waals surface area contributed by atoms with Crippen molar-refractivity contribution < 1.29 is 9.90 Å². The lowest BCUT2D eigenvalue weighted by Crippen LogP contribution is -2.28. The van der Waals surface area contributed by atoms with Crippen molar-refractivity contribution in [2.75, 3.05) is 5.32 Å². The number of hydrogen-bond acceptors (Lipinski definition) is 5. The van der Waals surface area contributed by atoms with Crippen LogP contribution in [0.2, 0.25) is 0 Å². The number of nitrogens with one attached hydrogen (secondary N) is 1. The standard InChI is InChI=1S/C17H15N5O2/c23-14-13(11-18-16(21-14)22-10-4-9-19-22)20-15(24)17(7-8-17)12-5-2-1-3-6-12/h1-6,9-11H,7-8H2,(H,20,24)(H,18,21,23). The van der Waals surface area contributed by atoms with Crippen LogP contribution in [0.1, 0.15) is 18.4 Å². The zero-order valence-electron chi connectivity index (χ0n) is 12.8. The molecule has 4 rings (SSSR count). The molecule has 0 atom stereocenters. The smallest absolute Gasteiger partial charge is 0.253 e. The molecule has 1 amide bonds. The van der Waals surface area contributed by atoms with Crippen LogP contribution in [0.4, 0.5) is 5.69 Å². The minimum Gasteiger partial charge on any atom is -0.492 e. The van der Waals surface area contributed by atoms with Gasteiger partial charge in [0.1, 0.15) is 5.69 Å². The molecule has 0 saturated heterocycles. The maximum Gasteiger partial charge on any atom is 0.253 e. The van der Waals surface area contributed by atoms with Gasteiger partial charge in [-0.05, 0) is 24.5 Å². The fourth-order valence-corrected chi connectivity index (χ4v) is 2.72. The van der Waals surface area contributed by atoms with Gasteiger partial charge < -0.3 is 10.4 Å². The van der Waals surface area contributed by atoms with Gasteiger partial charge in [0.2, 0.25) is 11.8 Å². The molecule has 0 radical (unpaired) electrons. The highest BCUT2D eigenvalue weighted by molar-refractivity contribution is 6.01. The van der Waals surface area contributed by atoms with E-state index in [9.17, 15) is 9.90 Å². The molecule has 2 aromatic heterocycles. The van der Waals surface area contributed by atoms with Gasteiger partial charge in [-0.25, -0.2) is 9.67 Å².